The zero-order chi connectivity index (χ0) is 23.5. The number of carbonyl (C=O) groups excluding carboxylic acids is 1. The van der Waals surface area contributed by atoms with Gasteiger partial charge in [0, 0.05) is 56.9 Å². The summed E-state index contributed by atoms with van der Waals surface area (Å²) < 4.78 is 3.48. The van der Waals surface area contributed by atoms with Crippen molar-refractivity contribution >= 4 is 11.6 Å². The molecule has 1 fully saturated rings. The molecular formula is C23H29N7O3. The normalized spacial score (nSPS) is 14.6. The monoisotopic (exact) mass is 451 g/mol. The first-order valence-electron chi connectivity index (χ1n) is 11.1. The number of aromatic nitrogens is 4. The van der Waals surface area contributed by atoms with Crippen LogP contribution in [0.3, 0.4) is 0 Å². The number of nitro groups is 1. The van der Waals surface area contributed by atoms with Crippen molar-refractivity contribution in [1.82, 2.24) is 29.4 Å². The average Bonchev–Trinajstić information content (AvgIpc) is 3.33. The maximum absolute atomic E-state index is 12.6. The van der Waals surface area contributed by atoms with Gasteiger partial charge in [0.25, 0.3) is 0 Å². The zero-order valence-corrected chi connectivity index (χ0v) is 19.3. The number of hydrogen-bond donors (Lipinski definition) is 0. The van der Waals surface area contributed by atoms with E-state index in [4.69, 9.17) is 5.10 Å². The molecule has 0 radical (unpaired) electrons. The van der Waals surface area contributed by atoms with Crippen molar-refractivity contribution in [3.05, 3.63) is 69.3 Å². The van der Waals surface area contributed by atoms with Gasteiger partial charge in [-0.25, -0.2) is 4.68 Å². The number of hydrogen-bond acceptors (Lipinski definition) is 6. The summed E-state index contributed by atoms with van der Waals surface area (Å²) in [7, 11) is 0. The Morgan fingerprint density at radius 2 is 1.73 bits per heavy atom. The molecule has 174 valence electrons. The van der Waals surface area contributed by atoms with Crippen LogP contribution in [0.4, 0.5) is 5.69 Å². The van der Waals surface area contributed by atoms with Gasteiger partial charge in [-0.3, -0.25) is 24.5 Å². The summed E-state index contributed by atoms with van der Waals surface area (Å²) in [4.78, 5) is 27.4. The number of benzene rings is 1. The lowest BCUT2D eigenvalue weighted by Crippen LogP contribution is -2.48. The molecule has 33 heavy (non-hydrogen) atoms. The van der Waals surface area contributed by atoms with Crippen LogP contribution in [0.1, 0.15) is 29.1 Å². The summed E-state index contributed by atoms with van der Waals surface area (Å²) in [5, 5.41) is 19.8. The lowest BCUT2D eigenvalue weighted by atomic mass is 10.1. The fourth-order valence-electron chi connectivity index (χ4n) is 4.27. The standard InChI is InChI=1S/C23H29N7O3/c1-17-21(19(3)29(25-17)20-7-5-4-6-8-20)15-26-11-13-27(14-12-26)23(31)9-10-28-16-22(30(32)33)18(2)24-28/h4-8,16H,9-15H2,1-3H3. The van der Waals surface area contributed by atoms with Crippen molar-refractivity contribution in [3.8, 4) is 5.69 Å². The minimum Gasteiger partial charge on any atom is -0.340 e. The van der Waals surface area contributed by atoms with Crippen LogP contribution in [0.2, 0.25) is 0 Å². The molecule has 0 aliphatic carbocycles. The number of amides is 1. The molecule has 2 aromatic heterocycles. The van der Waals surface area contributed by atoms with Crippen LogP contribution in [0.25, 0.3) is 5.69 Å². The van der Waals surface area contributed by atoms with Gasteiger partial charge in [-0.2, -0.15) is 10.2 Å². The van der Waals surface area contributed by atoms with Crippen LogP contribution in [0, 0.1) is 30.9 Å². The number of para-hydroxylation sites is 1. The van der Waals surface area contributed by atoms with Crippen molar-refractivity contribution in [3.63, 3.8) is 0 Å². The van der Waals surface area contributed by atoms with Gasteiger partial charge in [0.1, 0.15) is 11.9 Å². The van der Waals surface area contributed by atoms with Gasteiger partial charge in [-0.15, -0.1) is 0 Å². The van der Waals surface area contributed by atoms with Crippen molar-refractivity contribution in [2.75, 3.05) is 26.2 Å². The first kappa shape index (κ1) is 22.7. The van der Waals surface area contributed by atoms with E-state index in [1.54, 1.807) is 6.92 Å². The highest BCUT2D eigenvalue weighted by Gasteiger charge is 2.24. The predicted octanol–water partition coefficient (Wildman–Crippen LogP) is 2.64. The summed E-state index contributed by atoms with van der Waals surface area (Å²) >= 11 is 0. The summed E-state index contributed by atoms with van der Waals surface area (Å²) in [6.45, 7) is 9.83. The van der Waals surface area contributed by atoms with Crippen molar-refractivity contribution in [2.24, 2.45) is 0 Å². The summed E-state index contributed by atoms with van der Waals surface area (Å²) in [5.41, 5.74) is 4.80. The Bertz CT molecular complexity index is 1140. The molecule has 1 saturated heterocycles. The van der Waals surface area contributed by atoms with Gasteiger partial charge in [0.2, 0.25) is 5.91 Å². The van der Waals surface area contributed by atoms with Gasteiger partial charge in [0.05, 0.1) is 16.3 Å². The van der Waals surface area contributed by atoms with Crippen LogP contribution in [0.15, 0.2) is 36.5 Å². The number of piperazine rings is 1. The SMILES string of the molecule is Cc1nn(CCC(=O)N2CCN(Cc3c(C)nn(-c4ccccc4)c3C)CC2)cc1[N+](=O)[O-]. The Morgan fingerprint density at radius 1 is 1.03 bits per heavy atom. The lowest BCUT2D eigenvalue weighted by molar-refractivity contribution is -0.385. The number of rotatable bonds is 7. The number of carbonyl (C=O) groups is 1. The minimum atomic E-state index is -0.452. The number of aryl methyl sites for hydroxylation is 3. The van der Waals surface area contributed by atoms with E-state index < -0.39 is 4.92 Å². The van der Waals surface area contributed by atoms with Crippen molar-refractivity contribution in [2.45, 2.75) is 40.3 Å². The average molecular weight is 452 g/mol. The van der Waals surface area contributed by atoms with Crippen LogP contribution in [0.5, 0.6) is 0 Å². The first-order chi connectivity index (χ1) is 15.8. The molecule has 1 aromatic carbocycles. The van der Waals surface area contributed by atoms with Gasteiger partial charge >= 0.3 is 5.69 Å². The zero-order valence-electron chi connectivity index (χ0n) is 19.3. The molecule has 0 bridgehead atoms. The summed E-state index contributed by atoms with van der Waals surface area (Å²) in [6, 6.07) is 10.1. The van der Waals surface area contributed by atoms with Crippen LogP contribution < -0.4 is 0 Å². The van der Waals surface area contributed by atoms with E-state index in [9.17, 15) is 14.9 Å². The Labute approximate surface area is 192 Å². The van der Waals surface area contributed by atoms with E-state index in [0.717, 1.165) is 36.7 Å². The van der Waals surface area contributed by atoms with E-state index in [1.165, 1.54) is 16.4 Å². The van der Waals surface area contributed by atoms with Crippen LogP contribution >= 0.6 is 0 Å². The molecule has 1 aliphatic heterocycles. The Morgan fingerprint density at radius 3 is 2.36 bits per heavy atom. The largest absolute Gasteiger partial charge is 0.340 e. The van der Waals surface area contributed by atoms with Crippen LogP contribution in [-0.4, -0.2) is 66.4 Å². The molecule has 3 aromatic rings. The molecule has 0 spiro atoms. The Kier molecular flexibility index (Phi) is 6.55. The van der Waals surface area contributed by atoms with Gasteiger partial charge < -0.3 is 4.90 Å². The molecule has 0 atom stereocenters. The lowest BCUT2D eigenvalue weighted by Gasteiger charge is -2.34. The van der Waals surface area contributed by atoms with E-state index >= 15 is 0 Å². The molecular weight excluding hydrogens is 422 g/mol. The molecule has 3 heterocycles. The van der Waals surface area contributed by atoms with E-state index in [1.807, 2.05) is 34.7 Å². The number of nitrogens with zero attached hydrogens (tertiary/aromatic N) is 7. The summed E-state index contributed by atoms with van der Waals surface area (Å²) in [6.07, 6.45) is 1.67. The van der Waals surface area contributed by atoms with Crippen molar-refractivity contribution in [1.29, 1.82) is 0 Å². The first-order valence-corrected chi connectivity index (χ1v) is 11.1. The van der Waals surface area contributed by atoms with E-state index in [0.29, 0.717) is 25.3 Å². The fraction of sp³-hybridized carbons (Fsp3) is 0.435. The molecule has 0 saturated carbocycles. The molecule has 10 nitrogen and oxygen atoms in total. The second-order valence-corrected chi connectivity index (χ2v) is 8.42. The topological polar surface area (TPSA) is 102 Å². The molecule has 0 N–H and O–H groups in total. The molecule has 1 amide bonds. The highest BCUT2D eigenvalue weighted by Crippen LogP contribution is 2.20. The Hall–Kier alpha value is -3.53. The smallest absolute Gasteiger partial charge is 0.309 e. The third-order valence-corrected chi connectivity index (χ3v) is 6.22. The third-order valence-electron chi connectivity index (χ3n) is 6.22. The predicted molar refractivity (Wildman–Crippen MR) is 123 cm³/mol. The van der Waals surface area contributed by atoms with Crippen LogP contribution in [-0.2, 0) is 17.9 Å². The fourth-order valence-corrected chi connectivity index (χ4v) is 4.27. The highest BCUT2D eigenvalue weighted by molar-refractivity contribution is 5.76. The maximum atomic E-state index is 12.6. The van der Waals surface area contributed by atoms with E-state index in [2.05, 4.69) is 29.1 Å². The van der Waals surface area contributed by atoms with Crippen molar-refractivity contribution < 1.29 is 9.72 Å². The molecule has 10 heteroatoms. The third kappa shape index (κ3) is 4.95. The Balaban J connectivity index is 1.30. The maximum Gasteiger partial charge on any atom is 0.309 e. The second kappa shape index (κ2) is 9.53. The minimum absolute atomic E-state index is 0.0164. The molecule has 0 unspecified atom stereocenters. The quantitative estimate of drug-likeness (QED) is 0.404. The second-order valence-electron chi connectivity index (χ2n) is 8.42. The van der Waals surface area contributed by atoms with E-state index in [-0.39, 0.29) is 18.0 Å². The van der Waals surface area contributed by atoms with Gasteiger partial charge in [0.15, 0.2) is 0 Å². The van der Waals surface area contributed by atoms with Gasteiger partial charge in [-0.1, -0.05) is 18.2 Å². The molecule has 4 rings (SSSR count). The highest BCUT2D eigenvalue weighted by atomic mass is 16.6. The molecule has 1 aliphatic rings. The van der Waals surface area contributed by atoms with Gasteiger partial charge in [-0.05, 0) is 32.9 Å². The summed E-state index contributed by atoms with van der Waals surface area (Å²) in [5.74, 6) is 0.0507.